The van der Waals surface area contributed by atoms with E-state index in [0.717, 1.165) is 42.2 Å². The maximum atomic E-state index is 14.5. The van der Waals surface area contributed by atoms with Gasteiger partial charge in [-0.25, -0.2) is 13.8 Å². The molecule has 0 fully saturated rings. The Hall–Kier alpha value is -2.54. The van der Waals surface area contributed by atoms with Crippen LogP contribution in [0.3, 0.4) is 0 Å². The Bertz CT molecular complexity index is 1010. The van der Waals surface area contributed by atoms with Crippen LogP contribution in [-0.4, -0.2) is 21.7 Å². The van der Waals surface area contributed by atoms with Crippen molar-refractivity contribution in [2.75, 3.05) is 0 Å². The molecule has 3 rings (SSSR count). The van der Waals surface area contributed by atoms with Gasteiger partial charge in [-0.3, -0.25) is 4.79 Å². The van der Waals surface area contributed by atoms with Crippen LogP contribution in [0.2, 0.25) is 0 Å². The van der Waals surface area contributed by atoms with Crippen molar-refractivity contribution in [1.82, 2.24) is 5.01 Å². The maximum absolute atomic E-state index is 14.5. The number of carbonyl (C=O) groups is 2. The number of aryl methyl sites for hydroxylation is 1. The predicted octanol–water partition coefficient (Wildman–Crippen LogP) is 5.40. The number of benzene rings is 2. The highest BCUT2D eigenvalue weighted by atomic mass is 32.2. The average Bonchev–Trinajstić information content (AvgIpc) is 3.10. The second-order valence-corrected chi connectivity index (χ2v) is 8.62. The zero-order chi connectivity index (χ0) is 21.9. The lowest BCUT2D eigenvalue weighted by Gasteiger charge is -2.36. The number of hydrogen-bond acceptors (Lipinski definition) is 4. The molecule has 0 aromatic heterocycles. The Morgan fingerprint density at radius 3 is 2.53 bits per heavy atom. The van der Waals surface area contributed by atoms with E-state index in [4.69, 9.17) is 0 Å². The Labute approximate surface area is 179 Å². The number of hydrazone groups is 1. The van der Waals surface area contributed by atoms with Crippen LogP contribution >= 0.6 is 11.8 Å². The van der Waals surface area contributed by atoms with Crippen molar-refractivity contribution in [1.29, 1.82) is 0 Å². The zero-order valence-corrected chi connectivity index (χ0v) is 18.1. The maximum Gasteiger partial charge on any atom is 0.241 e. The van der Waals surface area contributed by atoms with Crippen LogP contribution in [0.5, 0.6) is 0 Å². The Morgan fingerprint density at radius 1 is 1.13 bits per heavy atom. The van der Waals surface area contributed by atoms with Crippen LogP contribution in [0.15, 0.2) is 47.6 Å². The van der Waals surface area contributed by atoms with Gasteiger partial charge in [-0.05, 0) is 49.1 Å². The van der Waals surface area contributed by atoms with Crippen LogP contribution in [-0.2, 0) is 20.9 Å². The van der Waals surface area contributed by atoms with E-state index >= 15 is 0 Å². The van der Waals surface area contributed by atoms with Crippen LogP contribution in [0.1, 0.15) is 56.7 Å². The largest absolute Gasteiger partial charge is 0.300 e. The summed E-state index contributed by atoms with van der Waals surface area (Å²) in [7, 11) is 0. The number of carbonyl (C=O) groups excluding carboxylic acids is 2. The molecule has 1 atom stereocenters. The summed E-state index contributed by atoms with van der Waals surface area (Å²) in [4.78, 5) is 23.5. The second-order valence-electron chi connectivity index (χ2n) is 7.36. The number of Topliss-reactive ketones (excluding diaryl/α,β-unsaturated/α-hetero) is 1. The van der Waals surface area contributed by atoms with Crippen molar-refractivity contribution in [3.8, 4) is 0 Å². The van der Waals surface area contributed by atoms with Gasteiger partial charge in [0.25, 0.3) is 0 Å². The fraction of sp³-hybridized carbons (Fsp3) is 0.348. The number of nitrogens with zero attached hydrogens (tertiary/aromatic N) is 2. The van der Waals surface area contributed by atoms with E-state index in [1.807, 2.05) is 24.3 Å². The molecule has 0 radical (unpaired) electrons. The summed E-state index contributed by atoms with van der Waals surface area (Å²) in [6, 6.07) is 10.9. The normalized spacial score (nSPS) is 18.4. The first-order valence-corrected chi connectivity index (χ1v) is 10.7. The lowest BCUT2D eigenvalue weighted by Crippen LogP contribution is -2.41. The molecule has 0 N–H and O–H groups in total. The molecule has 0 saturated heterocycles. The van der Waals surface area contributed by atoms with Crippen molar-refractivity contribution in [2.45, 2.75) is 51.3 Å². The minimum Gasteiger partial charge on any atom is -0.300 e. The minimum atomic E-state index is -1.00. The fourth-order valence-electron chi connectivity index (χ4n) is 3.69. The van der Waals surface area contributed by atoms with Crippen molar-refractivity contribution in [3.05, 3.63) is 70.8 Å². The first kappa shape index (κ1) is 22.2. The molecule has 1 amide bonds. The lowest BCUT2D eigenvalue weighted by molar-refractivity contribution is -0.133. The van der Waals surface area contributed by atoms with E-state index in [-0.39, 0.29) is 28.7 Å². The molecule has 0 bridgehead atoms. The third-order valence-corrected chi connectivity index (χ3v) is 6.46. The van der Waals surface area contributed by atoms with Crippen molar-refractivity contribution in [3.63, 3.8) is 0 Å². The van der Waals surface area contributed by atoms with E-state index in [1.54, 1.807) is 0 Å². The van der Waals surface area contributed by atoms with Crippen LogP contribution in [0.4, 0.5) is 8.78 Å². The van der Waals surface area contributed by atoms with Gasteiger partial charge in [0.2, 0.25) is 5.91 Å². The summed E-state index contributed by atoms with van der Waals surface area (Å²) in [6.07, 6.45) is 2.23. The summed E-state index contributed by atoms with van der Waals surface area (Å²) in [6.45, 7) is 4.95. The number of rotatable bonds is 7. The minimum absolute atomic E-state index is 0.00363. The molecule has 0 aliphatic carbocycles. The summed E-state index contributed by atoms with van der Waals surface area (Å²) < 4.78 is 28.3. The molecule has 4 nitrogen and oxygen atoms in total. The van der Waals surface area contributed by atoms with Gasteiger partial charge in [0.05, 0.1) is 0 Å². The third kappa shape index (κ3) is 4.31. The van der Waals surface area contributed by atoms with Gasteiger partial charge < -0.3 is 4.79 Å². The van der Waals surface area contributed by atoms with E-state index < -0.39 is 16.5 Å². The zero-order valence-electron chi connectivity index (χ0n) is 17.2. The molecule has 1 heterocycles. The number of amides is 1. The quantitative estimate of drug-likeness (QED) is 0.591. The highest BCUT2D eigenvalue weighted by molar-refractivity contribution is 8.15. The highest BCUT2D eigenvalue weighted by Gasteiger charge is 2.48. The molecule has 0 spiro atoms. The Kier molecular flexibility index (Phi) is 6.71. The van der Waals surface area contributed by atoms with Gasteiger partial charge in [0, 0.05) is 18.9 Å². The van der Waals surface area contributed by atoms with E-state index in [1.165, 1.54) is 30.6 Å². The summed E-state index contributed by atoms with van der Waals surface area (Å²) in [5, 5.41) is 5.96. The first-order chi connectivity index (χ1) is 14.3. The van der Waals surface area contributed by atoms with Gasteiger partial charge >= 0.3 is 0 Å². The van der Waals surface area contributed by atoms with Gasteiger partial charge in [0.1, 0.15) is 27.3 Å². The molecule has 30 heavy (non-hydrogen) atoms. The van der Waals surface area contributed by atoms with Gasteiger partial charge in [-0.1, -0.05) is 49.4 Å². The van der Waals surface area contributed by atoms with Crippen molar-refractivity contribution in [2.24, 2.45) is 5.10 Å². The van der Waals surface area contributed by atoms with Gasteiger partial charge in [-0.15, -0.1) is 0 Å². The monoisotopic (exact) mass is 430 g/mol. The second kappa shape index (κ2) is 9.08. The molecule has 7 heteroatoms. The molecule has 2 aromatic carbocycles. The summed E-state index contributed by atoms with van der Waals surface area (Å²) >= 11 is 1.20. The molecular weight excluding hydrogens is 406 g/mol. The van der Waals surface area contributed by atoms with E-state index in [2.05, 4.69) is 12.0 Å². The number of ketones is 1. The highest BCUT2D eigenvalue weighted by Crippen LogP contribution is 2.51. The predicted molar refractivity (Wildman–Crippen MR) is 115 cm³/mol. The first-order valence-electron chi connectivity index (χ1n) is 9.90. The molecule has 0 saturated carbocycles. The van der Waals surface area contributed by atoms with Crippen molar-refractivity contribution >= 4 is 28.5 Å². The summed E-state index contributed by atoms with van der Waals surface area (Å²) in [5.41, 5.74) is 1.91. The smallest absolute Gasteiger partial charge is 0.241 e. The number of thioether (sulfide) groups is 1. The molecule has 1 aliphatic rings. The molecule has 1 unspecified atom stereocenters. The Morgan fingerprint density at radius 2 is 1.87 bits per heavy atom. The standard InChI is InChI=1S/C23H24F2N2O2S/c1-4-7-17-8-5-6-9-20(17)23(13-12-15(2)28)27(16(3)29)26-22(30-23)19-14-18(24)10-11-21(19)25/h5-6,8-11,14H,4,7,12-13H2,1-3H3. The van der Waals surface area contributed by atoms with E-state index in [0.29, 0.717) is 6.42 Å². The third-order valence-electron chi connectivity index (χ3n) is 5.03. The molecular formula is C23H24F2N2O2S. The van der Waals surface area contributed by atoms with Crippen LogP contribution in [0, 0.1) is 11.6 Å². The lowest BCUT2D eigenvalue weighted by atomic mass is 9.92. The molecule has 158 valence electrons. The van der Waals surface area contributed by atoms with Crippen LogP contribution < -0.4 is 0 Å². The molecule has 1 aliphatic heterocycles. The summed E-state index contributed by atoms with van der Waals surface area (Å²) in [5.74, 6) is -1.55. The van der Waals surface area contributed by atoms with Gasteiger partial charge in [-0.2, -0.15) is 5.10 Å². The van der Waals surface area contributed by atoms with Gasteiger partial charge in [0.15, 0.2) is 0 Å². The fourth-order valence-corrected chi connectivity index (χ4v) is 5.16. The van der Waals surface area contributed by atoms with E-state index in [9.17, 15) is 18.4 Å². The van der Waals surface area contributed by atoms with Crippen LogP contribution in [0.25, 0.3) is 0 Å². The Balaban J connectivity index is 2.18. The topological polar surface area (TPSA) is 49.7 Å². The van der Waals surface area contributed by atoms with Crippen molar-refractivity contribution < 1.29 is 18.4 Å². The SMILES string of the molecule is CCCc1ccccc1C1(CCC(C)=O)SC(c2cc(F)ccc2F)=NN1C(C)=O. The number of halogens is 2. The molecule has 2 aromatic rings. The average molecular weight is 431 g/mol. The number of hydrogen-bond donors (Lipinski definition) is 0.